The fraction of sp³-hybridized carbons (Fsp3) is 0.0769. The lowest BCUT2D eigenvalue weighted by atomic mass is 9.99. The van der Waals surface area contributed by atoms with E-state index in [0.717, 1.165) is 47.4 Å². The van der Waals surface area contributed by atoms with Gasteiger partial charge in [0.1, 0.15) is 11.4 Å². The fourth-order valence-corrected chi connectivity index (χ4v) is 3.44. The Morgan fingerprint density at radius 3 is 1.95 bits per heavy atom. The van der Waals surface area contributed by atoms with Crippen molar-refractivity contribution in [1.29, 1.82) is 0 Å². The van der Waals surface area contributed by atoms with Gasteiger partial charge in [0.2, 0.25) is 5.91 Å². The van der Waals surface area contributed by atoms with Gasteiger partial charge < -0.3 is 5.32 Å². The molecular formula is C26H16F6N4O. The van der Waals surface area contributed by atoms with Crippen molar-refractivity contribution in [2.45, 2.75) is 12.4 Å². The first-order chi connectivity index (χ1) is 17.5. The van der Waals surface area contributed by atoms with Gasteiger partial charge >= 0.3 is 12.4 Å². The maximum Gasteiger partial charge on any atom is 0.433 e. The van der Waals surface area contributed by atoms with Crippen LogP contribution in [0.4, 0.5) is 32.0 Å². The SMILES string of the molecule is O=C(/C=C/C=C(c1ccc(C(F)(F)F)nc1)c1ccc(C(F)(F)F)nc1)Nc1cccc2cnccc12. The van der Waals surface area contributed by atoms with E-state index in [1.54, 1.807) is 30.6 Å². The maximum atomic E-state index is 12.9. The number of halogens is 6. The number of hydrogen-bond acceptors (Lipinski definition) is 4. The van der Waals surface area contributed by atoms with Crippen LogP contribution in [-0.4, -0.2) is 20.9 Å². The largest absolute Gasteiger partial charge is 0.433 e. The van der Waals surface area contributed by atoms with E-state index in [9.17, 15) is 31.1 Å². The molecule has 11 heteroatoms. The smallest absolute Gasteiger partial charge is 0.322 e. The summed E-state index contributed by atoms with van der Waals surface area (Å²) in [6, 6.07) is 10.8. The van der Waals surface area contributed by atoms with E-state index in [2.05, 4.69) is 20.3 Å². The number of amides is 1. The number of nitrogens with one attached hydrogen (secondary N) is 1. The topological polar surface area (TPSA) is 67.8 Å². The number of nitrogens with zero attached hydrogens (tertiary/aromatic N) is 3. The Bertz CT molecular complexity index is 1410. The monoisotopic (exact) mass is 514 g/mol. The predicted molar refractivity (Wildman–Crippen MR) is 125 cm³/mol. The summed E-state index contributed by atoms with van der Waals surface area (Å²) in [7, 11) is 0. The summed E-state index contributed by atoms with van der Waals surface area (Å²) < 4.78 is 77.5. The lowest BCUT2D eigenvalue weighted by molar-refractivity contribution is -0.141. The van der Waals surface area contributed by atoms with E-state index in [1.165, 1.54) is 18.2 Å². The number of hydrogen-bond donors (Lipinski definition) is 1. The molecule has 0 saturated heterocycles. The Hall–Kier alpha value is -4.54. The predicted octanol–water partition coefficient (Wildman–Crippen LogP) is 6.69. The van der Waals surface area contributed by atoms with E-state index >= 15 is 0 Å². The second-order valence-corrected chi connectivity index (χ2v) is 7.69. The van der Waals surface area contributed by atoms with Gasteiger partial charge in [-0.3, -0.25) is 19.7 Å². The van der Waals surface area contributed by atoms with Gasteiger partial charge in [-0.15, -0.1) is 0 Å². The molecule has 3 aromatic heterocycles. The first-order valence-electron chi connectivity index (χ1n) is 10.6. The van der Waals surface area contributed by atoms with E-state index in [4.69, 9.17) is 0 Å². The van der Waals surface area contributed by atoms with Crippen LogP contribution in [0.15, 0.2) is 91.5 Å². The Labute approximate surface area is 206 Å². The first kappa shape index (κ1) is 25.5. The standard InChI is InChI=1S/C26H16F6N4O/c27-25(28,29)22-9-7-17(14-34-22)19(18-8-10-23(35-15-18)26(30,31)32)4-2-6-24(37)36-21-5-1-3-16-13-33-12-11-20(16)21/h1-15H,(H,36,37)/b6-2+. The normalized spacial score (nSPS) is 12.1. The zero-order chi connectivity index (χ0) is 26.6. The third-order valence-corrected chi connectivity index (χ3v) is 5.18. The Morgan fingerprint density at radius 2 is 1.41 bits per heavy atom. The molecule has 0 aliphatic rings. The second-order valence-electron chi connectivity index (χ2n) is 7.69. The molecule has 4 aromatic rings. The van der Waals surface area contributed by atoms with Gasteiger partial charge in [-0.05, 0) is 29.8 Å². The Kier molecular flexibility index (Phi) is 7.05. The zero-order valence-corrected chi connectivity index (χ0v) is 18.7. The molecule has 3 heterocycles. The average molecular weight is 514 g/mol. The van der Waals surface area contributed by atoms with Crippen LogP contribution in [0, 0.1) is 0 Å². The lowest BCUT2D eigenvalue weighted by Gasteiger charge is -2.11. The summed E-state index contributed by atoms with van der Waals surface area (Å²) in [6.07, 6.45) is -0.315. The highest BCUT2D eigenvalue weighted by Crippen LogP contribution is 2.31. The van der Waals surface area contributed by atoms with Gasteiger partial charge in [0, 0.05) is 58.5 Å². The third-order valence-electron chi connectivity index (χ3n) is 5.18. The van der Waals surface area contributed by atoms with Gasteiger partial charge in [-0.2, -0.15) is 26.3 Å². The minimum atomic E-state index is -4.66. The van der Waals surface area contributed by atoms with Gasteiger partial charge in [-0.25, -0.2) is 0 Å². The highest BCUT2D eigenvalue weighted by molar-refractivity contribution is 6.06. The van der Waals surface area contributed by atoms with E-state index in [1.807, 2.05) is 6.07 Å². The Balaban J connectivity index is 1.63. The molecule has 0 fully saturated rings. The maximum absolute atomic E-state index is 12.9. The van der Waals surface area contributed by atoms with E-state index in [0.29, 0.717) is 5.69 Å². The molecule has 1 N–H and O–H groups in total. The van der Waals surface area contributed by atoms with Crippen LogP contribution in [0.3, 0.4) is 0 Å². The molecule has 0 unspecified atom stereocenters. The van der Waals surface area contributed by atoms with Crippen molar-refractivity contribution >= 4 is 27.9 Å². The third kappa shape index (κ3) is 6.18. The van der Waals surface area contributed by atoms with Crippen LogP contribution in [0.1, 0.15) is 22.5 Å². The minimum absolute atomic E-state index is 0.182. The zero-order valence-electron chi connectivity index (χ0n) is 18.7. The Morgan fingerprint density at radius 1 is 0.784 bits per heavy atom. The van der Waals surface area contributed by atoms with Crippen molar-refractivity contribution in [1.82, 2.24) is 15.0 Å². The second kappa shape index (κ2) is 10.2. The number of allylic oxidation sites excluding steroid dienone is 2. The van der Waals surface area contributed by atoms with E-state index in [-0.39, 0.29) is 16.7 Å². The molecular weight excluding hydrogens is 498 g/mol. The van der Waals surface area contributed by atoms with Crippen molar-refractivity contribution in [3.63, 3.8) is 0 Å². The van der Waals surface area contributed by atoms with Crippen LogP contribution in [-0.2, 0) is 17.1 Å². The van der Waals surface area contributed by atoms with E-state index < -0.39 is 29.6 Å². The number of carbonyl (C=O) groups excluding carboxylic acids is 1. The lowest BCUT2D eigenvalue weighted by Crippen LogP contribution is -2.09. The van der Waals surface area contributed by atoms with Crippen LogP contribution >= 0.6 is 0 Å². The number of aromatic nitrogens is 3. The molecule has 0 radical (unpaired) electrons. The minimum Gasteiger partial charge on any atom is -0.322 e. The fourth-order valence-electron chi connectivity index (χ4n) is 3.44. The van der Waals surface area contributed by atoms with Crippen molar-refractivity contribution in [3.05, 3.63) is 114 Å². The summed E-state index contributed by atoms with van der Waals surface area (Å²) in [5, 5.41) is 4.31. The molecule has 0 aliphatic carbocycles. The van der Waals surface area contributed by atoms with Crippen LogP contribution < -0.4 is 5.32 Å². The number of fused-ring (bicyclic) bond motifs is 1. The van der Waals surface area contributed by atoms with Crippen LogP contribution in [0.5, 0.6) is 0 Å². The molecule has 37 heavy (non-hydrogen) atoms. The van der Waals surface area contributed by atoms with Gasteiger partial charge in [0.15, 0.2) is 0 Å². The first-order valence-corrected chi connectivity index (χ1v) is 10.6. The van der Waals surface area contributed by atoms with Crippen molar-refractivity contribution < 1.29 is 31.1 Å². The number of rotatable bonds is 5. The van der Waals surface area contributed by atoms with Crippen LogP contribution in [0.25, 0.3) is 16.3 Å². The molecule has 0 saturated carbocycles. The average Bonchev–Trinajstić information content (AvgIpc) is 2.86. The van der Waals surface area contributed by atoms with Gasteiger partial charge in [-0.1, -0.05) is 36.4 Å². The summed E-state index contributed by atoms with van der Waals surface area (Å²) in [5.74, 6) is -0.504. The molecule has 0 atom stereocenters. The highest BCUT2D eigenvalue weighted by atomic mass is 19.4. The highest BCUT2D eigenvalue weighted by Gasteiger charge is 2.33. The summed E-state index contributed by atoms with van der Waals surface area (Å²) in [5.41, 5.74) is -1.13. The summed E-state index contributed by atoms with van der Waals surface area (Å²) >= 11 is 0. The number of pyridine rings is 3. The molecule has 0 bridgehead atoms. The molecule has 0 spiro atoms. The molecule has 1 aromatic carbocycles. The summed E-state index contributed by atoms with van der Waals surface area (Å²) in [4.78, 5) is 23.3. The van der Waals surface area contributed by atoms with Gasteiger partial charge in [0.05, 0.1) is 0 Å². The summed E-state index contributed by atoms with van der Waals surface area (Å²) in [6.45, 7) is 0. The number of benzene rings is 1. The van der Waals surface area contributed by atoms with Crippen molar-refractivity contribution in [2.24, 2.45) is 0 Å². The van der Waals surface area contributed by atoms with Crippen molar-refractivity contribution in [2.75, 3.05) is 5.32 Å². The molecule has 1 amide bonds. The number of anilines is 1. The number of alkyl halides is 6. The molecule has 0 aliphatic heterocycles. The van der Waals surface area contributed by atoms with Gasteiger partial charge in [0.25, 0.3) is 0 Å². The van der Waals surface area contributed by atoms with Crippen LogP contribution in [0.2, 0.25) is 0 Å². The number of carbonyl (C=O) groups is 1. The quantitative estimate of drug-likeness (QED) is 0.183. The van der Waals surface area contributed by atoms with Crippen molar-refractivity contribution in [3.8, 4) is 0 Å². The molecule has 188 valence electrons. The molecule has 5 nitrogen and oxygen atoms in total. The molecule has 4 rings (SSSR count).